The minimum atomic E-state index is 0.500. The maximum Gasteiger partial charge on any atom is 0.185 e. The minimum absolute atomic E-state index is 0.500. The fourth-order valence-corrected chi connectivity index (χ4v) is 2.51. The van der Waals surface area contributed by atoms with Crippen molar-refractivity contribution in [3.8, 4) is 0 Å². The monoisotopic (exact) mass is 276 g/mol. The van der Waals surface area contributed by atoms with Crippen molar-refractivity contribution in [1.82, 2.24) is 15.3 Å². The zero-order chi connectivity index (χ0) is 13.7. The van der Waals surface area contributed by atoms with Crippen LogP contribution in [0.1, 0.15) is 24.3 Å². The zero-order valence-electron chi connectivity index (χ0n) is 11.6. The molecule has 2 heterocycles. The van der Waals surface area contributed by atoms with Crippen molar-refractivity contribution >= 4 is 16.5 Å². The van der Waals surface area contributed by atoms with Crippen LogP contribution in [0.15, 0.2) is 30.7 Å². The van der Waals surface area contributed by atoms with Gasteiger partial charge in [-0.15, -0.1) is 11.3 Å². The Hall–Kier alpha value is -1.46. The van der Waals surface area contributed by atoms with Gasteiger partial charge >= 0.3 is 0 Å². The number of hydrogen-bond donors (Lipinski definition) is 1. The first-order valence-corrected chi connectivity index (χ1v) is 7.25. The average Bonchev–Trinajstić information content (AvgIpc) is 2.86. The molecule has 0 fully saturated rings. The number of nitrogens with zero attached hydrogens (tertiary/aromatic N) is 3. The lowest BCUT2D eigenvalue weighted by Crippen LogP contribution is -2.21. The average molecular weight is 276 g/mol. The summed E-state index contributed by atoms with van der Waals surface area (Å²) >= 11 is 1.74. The van der Waals surface area contributed by atoms with Gasteiger partial charge in [-0.25, -0.2) is 4.98 Å². The standard InChI is InChI=1S/C14H20N4S/c1-11(2)16-8-13-9-17-14(19-13)18(3)10-12-4-6-15-7-5-12/h4-7,9,11,16H,8,10H2,1-3H3. The largest absolute Gasteiger partial charge is 0.347 e. The molecular weight excluding hydrogens is 256 g/mol. The molecule has 0 saturated heterocycles. The molecule has 0 aliphatic rings. The Balaban J connectivity index is 1.94. The van der Waals surface area contributed by atoms with Crippen LogP contribution in [0, 0.1) is 0 Å². The number of hydrogen-bond acceptors (Lipinski definition) is 5. The fourth-order valence-electron chi connectivity index (χ4n) is 1.69. The summed E-state index contributed by atoms with van der Waals surface area (Å²) in [5.74, 6) is 0. The van der Waals surface area contributed by atoms with E-state index in [1.807, 2.05) is 30.7 Å². The van der Waals surface area contributed by atoms with Crippen molar-refractivity contribution in [3.05, 3.63) is 41.2 Å². The molecular formula is C14H20N4S. The van der Waals surface area contributed by atoms with E-state index in [2.05, 4.69) is 41.1 Å². The summed E-state index contributed by atoms with van der Waals surface area (Å²) in [6, 6.07) is 4.57. The number of thiazole rings is 1. The van der Waals surface area contributed by atoms with Crippen molar-refractivity contribution in [2.24, 2.45) is 0 Å². The molecule has 0 radical (unpaired) electrons. The molecule has 0 aliphatic carbocycles. The van der Waals surface area contributed by atoms with Crippen LogP contribution in [0.3, 0.4) is 0 Å². The lowest BCUT2D eigenvalue weighted by atomic mass is 10.2. The van der Waals surface area contributed by atoms with Gasteiger partial charge in [0.2, 0.25) is 0 Å². The second-order valence-corrected chi connectivity index (χ2v) is 5.95. The molecule has 0 spiro atoms. The van der Waals surface area contributed by atoms with E-state index in [9.17, 15) is 0 Å². The van der Waals surface area contributed by atoms with Crippen LogP contribution in [-0.2, 0) is 13.1 Å². The molecule has 19 heavy (non-hydrogen) atoms. The third-order valence-electron chi connectivity index (χ3n) is 2.72. The molecule has 0 atom stereocenters. The Labute approximate surface area is 118 Å². The predicted molar refractivity (Wildman–Crippen MR) is 80.4 cm³/mol. The molecule has 2 rings (SSSR count). The number of aromatic nitrogens is 2. The Morgan fingerprint density at radius 2 is 2.05 bits per heavy atom. The molecule has 0 bridgehead atoms. The van der Waals surface area contributed by atoms with Gasteiger partial charge < -0.3 is 10.2 Å². The van der Waals surface area contributed by atoms with Crippen molar-refractivity contribution in [1.29, 1.82) is 0 Å². The molecule has 0 saturated carbocycles. The normalized spacial score (nSPS) is 10.9. The summed E-state index contributed by atoms with van der Waals surface area (Å²) < 4.78 is 0. The first-order valence-electron chi connectivity index (χ1n) is 6.43. The zero-order valence-corrected chi connectivity index (χ0v) is 12.4. The molecule has 0 amide bonds. The van der Waals surface area contributed by atoms with Crippen LogP contribution in [0.5, 0.6) is 0 Å². The smallest absolute Gasteiger partial charge is 0.185 e. The van der Waals surface area contributed by atoms with E-state index >= 15 is 0 Å². The van der Waals surface area contributed by atoms with Crippen molar-refractivity contribution < 1.29 is 0 Å². The van der Waals surface area contributed by atoms with Gasteiger partial charge in [-0.2, -0.15) is 0 Å². The van der Waals surface area contributed by atoms with Gasteiger partial charge in [0.25, 0.3) is 0 Å². The lowest BCUT2D eigenvalue weighted by Gasteiger charge is -2.15. The van der Waals surface area contributed by atoms with Gasteiger partial charge in [0.1, 0.15) is 0 Å². The molecule has 0 aliphatic heterocycles. The molecule has 5 heteroatoms. The van der Waals surface area contributed by atoms with Crippen LogP contribution in [0.25, 0.3) is 0 Å². The second kappa shape index (κ2) is 6.63. The van der Waals surface area contributed by atoms with Crippen LogP contribution < -0.4 is 10.2 Å². The highest BCUT2D eigenvalue weighted by molar-refractivity contribution is 7.15. The van der Waals surface area contributed by atoms with Crippen molar-refractivity contribution in [2.45, 2.75) is 33.0 Å². The third-order valence-corrected chi connectivity index (χ3v) is 3.83. The summed E-state index contributed by atoms with van der Waals surface area (Å²) in [5, 5.41) is 4.46. The summed E-state index contributed by atoms with van der Waals surface area (Å²) in [6.07, 6.45) is 5.60. The van der Waals surface area contributed by atoms with Crippen molar-refractivity contribution in [2.75, 3.05) is 11.9 Å². The molecule has 4 nitrogen and oxygen atoms in total. The number of nitrogens with one attached hydrogen (secondary N) is 1. The van der Waals surface area contributed by atoms with Gasteiger partial charge in [0, 0.05) is 49.6 Å². The minimum Gasteiger partial charge on any atom is -0.347 e. The van der Waals surface area contributed by atoms with Gasteiger partial charge in [0.15, 0.2) is 5.13 Å². The first kappa shape index (κ1) is 14.0. The van der Waals surface area contributed by atoms with E-state index in [4.69, 9.17) is 0 Å². The summed E-state index contributed by atoms with van der Waals surface area (Å²) in [5.41, 5.74) is 1.24. The van der Waals surface area contributed by atoms with Crippen LogP contribution in [0.2, 0.25) is 0 Å². The summed E-state index contributed by atoms with van der Waals surface area (Å²) in [6.45, 7) is 6.04. The van der Waals surface area contributed by atoms with Gasteiger partial charge in [0.05, 0.1) is 0 Å². The van der Waals surface area contributed by atoms with Gasteiger partial charge in [-0.05, 0) is 17.7 Å². The van der Waals surface area contributed by atoms with Crippen LogP contribution >= 0.6 is 11.3 Å². The molecule has 2 aromatic rings. The molecule has 2 aromatic heterocycles. The Morgan fingerprint density at radius 3 is 2.74 bits per heavy atom. The second-order valence-electron chi connectivity index (χ2n) is 4.86. The Kier molecular flexibility index (Phi) is 4.87. The molecule has 0 unspecified atom stereocenters. The van der Waals surface area contributed by atoms with Crippen LogP contribution in [0.4, 0.5) is 5.13 Å². The maximum absolute atomic E-state index is 4.48. The first-order chi connectivity index (χ1) is 9.15. The predicted octanol–water partition coefficient (Wildman–Crippen LogP) is 2.67. The van der Waals surface area contributed by atoms with E-state index in [-0.39, 0.29) is 0 Å². The third kappa shape index (κ3) is 4.29. The molecule has 1 N–H and O–H groups in total. The number of anilines is 1. The highest BCUT2D eigenvalue weighted by Gasteiger charge is 2.08. The SMILES string of the molecule is CC(C)NCc1cnc(N(C)Cc2ccncc2)s1. The lowest BCUT2D eigenvalue weighted by molar-refractivity contribution is 0.593. The van der Waals surface area contributed by atoms with E-state index < -0.39 is 0 Å². The van der Waals surface area contributed by atoms with Gasteiger partial charge in [-0.3, -0.25) is 4.98 Å². The van der Waals surface area contributed by atoms with Gasteiger partial charge in [-0.1, -0.05) is 13.8 Å². The topological polar surface area (TPSA) is 41.1 Å². The maximum atomic E-state index is 4.48. The van der Waals surface area contributed by atoms with Crippen LogP contribution in [-0.4, -0.2) is 23.1 Å². The fraction of sp³-hybridized carbons (Fsp3) is 0.429. The number of rotatable bonds is 6. The Morgan fingerprint density at radius 1 is 1.32 bits per heavy atom. The highest BCUT2D eigenvalue weighted by Crippen LogP contribution is 2.22. The quantitative estimate of drug-likeness (QED) is 0.880. The molecule has 102 valence electrons. The summed E-state index contributed by atoms with van der Waals surface area (Å²) in [7, 11) is 2.07. The number of pyridine rings is 1. The van der Waals surface area contributed by atoms with E-state index in [1.54, 1.807) is 11.3 Å². The van der Waals surface area contributed by atoms with E-state index in [0.717, 1.165) is 18.2 Å². The van der Waals surface area contributed by atoms with E-state index in [0.29, 0.717) is 6.04 Å². The summed E-state index contributed by atoms with van der Waals surface area (Å²) in [4.78, 5) is 11.9. The highest BCUT2D eigenvalue weighted by atomic mass is 32.1. The van der Waals surface area contributed by atoms with Crippen molar-refractivity contribution in [3.63, 3.8) is 0 Å². The Bertz CT molecular complexity index is 495. The molecule has 0 aromatic carbocycles. The van der Waals surface area contributed by atoms with E-state index in [1.165, 1.54) is 10.4 Å².